The molecule has 5 heteroatoms. The molecule has 1 aliphatic rings. The average molecular weight is 361 g/mol. The van der Waals surface area contributed by atoms with Gasteiger partial charge < -0.3 is 4.74 Å². The van der Waals surface area contributed by atoms with Gasteiger partial charge in [-0.2, -0.15) is 4.40 Å². The van der Waals surface area contributed by atoms with Gasteiger partial charge in [0.15, 0.2) is 11.6 Å². The molecule has 1 aromatic rings. The van der Waals surface area contributed by atoms with E-state index < -0.39 is 21.5 Å². The molecule has 0 amide bonds. The van der Waals surface area contributed by atoms with Crippen LogP contribution in [0.25, 0.3) is 0 Å². The molecular weight excluding hydrogens is 337 g/mol. The van der Waals surface area contributed by atoms with Crippen molar-refractivity contribution >= 4 is 16.7 Å². The van der Waals surface area contributed by atoms with Crippen LogP contribution in [0.3, 0.4) is 0 Å². The highest BCUT2D eigenvalue weighted by molar-refractivity contribution is 7.85. The van der Waals surface area contributed by atoms with Gasteiger partial charge in [0.25, 0.3) is 0 Å². The number of benzene rings is 1. The first kappa shape index (κ1) is 19.3. The van der Waals surface area contributed by atoms with E-state index in [2.05, 4.69) is 10.5 Å². The number of rotatable bonds is 5. The van der Waals surface area contributed by atoms with E-state index in [4.69, 9.17) is 4.74 Å². The van der Waals surface area contributed by atoms with Crippen molar-refractivity contribution in [3.8, 4) is 5.75 Å². The standard InChI is InChI=1S/C20H24FNO2S/c1-20(2,3)25(23)22-18(13-15-9-7-5-6-8-10-15)16-11-12-17(21)19(14-16)24-4/h5-9,11-12,14H,10,13H2,1-4H3/t25-/m0/s1. The summed E-state index contributed by atoms with van der Waals surface area (Å²) < 4.78 is 35.4. The largest absolute Gasteiger partial charge is 0.494 e. The zero-order valence-corrected chi connectivity index (χ0v) is 15.9. The van der Waals surface area contributed by atoms with E-state index in [-0.39, 0.29) is 5.75 Å². The lowest BCUT2D eigenvalue weighted by Crippen LogP contribution is -2.21. The molecule has 0 unspecified atom stereocenters. The highest BCUT2D eigenvalue weighted by Crippen LogP contribution is 2.24. The molecule has 0 aromatic heterocycles. The first-order chi connectivity index (χ1) is 11.8. The Morgan fingerprint density at radius 3 is 2.72 bits per heavy atom. The first-order valence-electron chi connectivity index (χ1n) is 8.16. The summed E-state index contributed by atoms with van der Waals surface area (Å²) in [6.45, 7) is 5.64. The quantitative estimate of drug-likeness (QED) is 0.698. The molecule has 134 valence electrons. The van der Waals surface area contributed by atoms with Crippen molar-refractivity contribution in [2.24, 2.45) is 4.40 Å². The van der Waals surface area contributed by atoms with E-state index in [9.17, 15) is 8.60 Å². The van der Waals surface area contributed by atoms with E-state index in [1.807, 2.05) is 45.1 Å². The predicted molar refractivity (Wildman–Crippen MR) is 103 cm³/mol. The number of halogens is 1. The van der Waals surface area contributed by atoms with E-state index >= 15 is 0 Å². The molecule has 0 N–H and O–H groups in total. The van der Waals surface area contributed by atoms with Crippen LogP contribution in [0.15, 0.2) is 58.6 Å². The Labute approximate surface area is 151 Å². The highest BCUT2D eigenvalue weighted by atomic mass is 32.2. The van der Waals surface area contributed by atoms with Crippen LogP contribution in [-0.4, -0.2) is 21.8 Å². The maximum atomic E-state index is 13.7. The van der Waals surface area contributed by atoms with Crippen LogP contribution >= 0.6 is 0 Å². The SMILES string of the molecule is COc1cc(C(CC2=CC=CC=CC2)=N[S@@](=O)C(C)(C)C)ccc1F. The summed E-state index contributed by atoms with van der Waals surface area (Å²) in [6, 6.07) is 4.61. The number of hydrogen-bond donors (Lipinski definition) is 0. The number of hydrogen-bond acceptors (Lipinski definition) is 2. The molecule has 1 aliphatic carbocycles. The van der Waals surface area contributed by atoms with Gasteiger partial charge >= 0.3 is 0 Å². The molecular formula is C20H24FNO2S. The van der Waals surface area contributed by atoms with Gasteiger partial charge in [0.1, 0.15) is 11.0 Å². The van der Waals surface area contributed by atoms with Gasteiger partial charge in [0.05, 0.1) is 17.6 Å². The summed E-state index contributed by atoms with van der Waals surface area (Å²) in [7, 11) is 0.0260. The lowest BCUT2D eigenvalue weighted by atomic mass is 10.00. The summed E-state index contributed by atoms with van der Waals surface area (Å²) in [4.78, 5) is 0. The molecule has 2 rings (SSSR count). The molecule has 1 atom stereocenters. The Bertz CT molecular complexity index is 770. The van der Waals surface area contributed by atoms with Gasteiger partial charge in [-0.05, 0) is 45.4 Å². The van der Waals surface area contributed by atoms with Crippen LogP contribution in [0.5, 0.6) is 5.75 Å². The van der Waals surface area contributed by atoms with Crippen molar-refractivity contribution in [3.63, 3.8) is 0 Å². The second-order valence-electron chi connectivity index (χ2n) is 6.77. The number of nitrogens with zero attached hydrogens (tertiary/aromatic N) is 1. The third-order valence-corrected chi connectivity index (χ3v) is 5.10. The van der Waals surface area contributed by atoms with Crippen LogP contribution in [0.4, 0.5) is 4.39 Å². The Morgan fingerprint density at radius 1 is 1.28 bits per heavy atom. The second-order valence-corrected chi connectivity index (χ2v) is 8.67. The molecule has 1 aromatic carbocycles. The predicted octanol–water partition coefficient (Wildman–Crippen LogP) is 4.92. The first-order valence-corrected chi connectivity index (χ1v) is 9.26. The van der Waals surface area contributed by atoms with Crippen molar-refractivity contribution < 1.29 is 13.3 Å². The molecule has 0 heterocycles. The van der Waals surface area contributed by atoms with Crippen LogP contribution in [-0.2, 0) is 11.0 Å². The van der Waals surface area contributed by atoms with Gasteiger partial charge in [-0.25, -0.2) is 8.60 Å². The summed E-state index contributed by atoms with van der Waals surface area (Å²) in [6.07, 6.45) is 11.4. The molecule has 0 saturated heterocycles. The number of methoxy groups -OCH3 is 1. The van der Waals surface area contributed by atoms with Gasteiger partial charge in [-0.1, -0.05) is 36.0 Å². The minimum absolute atomic E-state index is 0.154. The maximum absolute atomic E-state index is 13.7. The van der Waals surface area contributed by atoms with Gasteiger partial charge in [-0.3, -0.25) is 0 Å². The topological polar surface area (TPSA) is 38.7 Å². The highest BCUT2D eigenvalue weighted by Gasteiger charge is 2.21. The van der Waals surface area contributed by atoms with E-state index in [0.717, 1.165) is 12.0 Å². The van der Waals surface area contributed by atoms with Crippen molar-refractivity contribution in [3.05, 3.63) is 65.5 Å². The van der Waals surface area contributed by atoms with E-state index in [1.165, 1.54) is 13.2 Å². The smallest absolute Gasteiger partial charge is 0.165 e. The average Bonchev–Trinajstić information content (AvgIpc) is 2.82. The molecule has 0 radical (unpaired) electrons. The molecule has 0 spiro atoms. The minimum atomic E-state index is -1.40. The Hall–Kier alpha value is -2.01. The third-order valence-electron chi connectivity index (χ3n) is 3.67. The van der Waals surface area contributed by atoms with Crippen LogP contribution < -0.4 is 4.74 Å². The number of allylic oxidation sites excluding steroid dienone is 6. The van der Waals surface area contributed by atoms with Gasteiger partial charge in [-0.15, -0.1) is 0 Å². The summed E-state index contributed by atoms with van der Waals surface area (Å²) in [5, 5.41) is 0. The molecule has 0 bridgehead atoms. The van der Waals surface area contributed by atoms with Crippen molar-refractivity contribution in [2.75, 3.05) is 7.11 Å². The van der Waals surface area contributed by atoms with Gasteiger partial charge in [0, 0.05) is 12.0 Å². The van der Waals surface area contributed by atoms with Crippen LogP contribution in [0, 0.1) is 5.82 Å². The summed E-state index contributed by atoms with van der Waals surface area (Å²) in [5.41, 5.74) is 2.54. The fourth-order valence-corrected chi connectivity index (χ4v) is 2.88. The Kier molecular flexibility index (Phi) is 6.48. The minimum Gasteiger partial charge on any atom is -0.494 e. The molecule has 25 heavy (non-hydrogen) atoms. The van der Waals surface area contributed by atoms with Crippen molar-refractivity contribution in [1.82, 2.24) is 0 Å². The fraction of sp³-hybridized carbons (Fsp3) is 0.350. The molecule has 0 fully saturated rings. The molecule has 3 nitrogen and oxygen atoms in total. The fourth-order valence-electron chi connectivity index (χ4n) is 2.23. The summed E-state index contributed by atoms with van der Waals surface area (Å²) in [5.74, 6) is -0.275. The lowest BCUT2D eigenvalue weighted by Gasteiger charge is -2.16. The molecule has 0 aliphatic heterocycles. The normalized spacial score (nSPS) is 16.4. The Balaban J connectivity index is 2.43. The monoisotopic (exact) mass is 361 g/mol. The second kappa shape index (κ2) is 8.39. The zero-order valence-electron chi connectivity index (χ0n) is 15.1. The maximum Gasteiger partial charge on any atom is 0.165 e. The van der Waals surface area contributed by atoms with E-state index in [0.29, 0.717) is 17.7 Å². The lowest BCUT2D eigenvalue weighted by molar-refractivity contribution is 0.386. The zero-order chi connectivity index (χ0) is 18.4. The van der Waals surface area contributed by atoms with Crippen LogP contribution in [0.2, 0.25) is 0 Å². The van der Waals surface area contributed by atoms with Crippen molar-refractivity contribution in [1.29, 1.82) is 0 Å². The van der Waals surface area contributed by atoms with Crippen LogP contribution in [0.1, 0.15) is 39.2 Å². The Morgan fingerprint density at radius 2 is 2.04 bits per heavy atom. The number of ether oxygens (including phenoxy) is 1. The van der Waals surface area contributed by atoms with E-state index in [1.54, 1.807) is 12.1 Å². The molecule has 0 saturated carbocycles. The van der Waals surface area contributed by atoms with Crippen molar-refractivity contribution in [2.45, 2.75) is 38.4 Å². The third kappa shape index (κ3) is 5.49. The summed E-state index contributed by atoms with van der Waals surface area (Å²) >= 11 is 0. The van der Waals surface area contributed by atoms with Gasteiger partial charge in [0.2, 0.25) is 0 Å².